The van der Waals surface area contributed by atoms with Crippen LogP contribution in [0.3, 0.4) is 0 Å². The highest BCUT2D eigenvalue weighted by molar-refractivity contribution is 5.74. The Kier molecular flexibility index (Phi) is 4.32. The van der Waals surface area contributed by atoms with Crippen LogP contribution < -0.4 is 0 Å². The second-order valence-corrected chi connectivity index (χ2v) is 1.52. The van der Waals surface area contributed by atoms with Crippen LogP contribution in [0, 0.1) is 0 Å². The Bertz CT molecular complexity index is 156. The first-order valence-corrected chi connectivity index (χ1v) is 2.57. The molecule has 0 spiro atoms. The van der Waals surface area contributed by atoms with Gasteiger partial charge in [-0.3, -0.25) is 9.79 Å². The molecule has 0 saturated heterocycles. The third-order valence-corrected chi connectivity index (χ3v) is 0.656. The van der Waals surface area contributed by atoms with E-state index < -0.39 is 0 Å². The van der Waals surface area contributed by atoms with Crippen LogP contribution in [-0.2, 0) is 4.79 Å². The Morgan fingerprint density at radius 1 is 1.67 bits per heavy atom. The molecule has 2 heteroatoms. The summed E-state index contributed by atoms with van der Waals surface area (Å²) < 4.78 is 0. The second kappa shape index (κ2) is 4.97. The molecule has 0 aromatic heterocycles. The molecule has 0 heterocycles. The number of nitrogens with zero attached hydrogens (tertiary/aromatic N) is 1. The van der Waals surface area contributed by atoms with Crippen LogP contribution in [0.2, 0.25) is 0 Å². The highest BCUT2D eigenvalue weighted by Crippen LogP contribution is 1.84. The van der Waals surface area contributed by atoms with E-state index in [-0.39, 0.29) is 0 Å². The third kappa shape index (κ3) is 4.68. The summed E-state index contributed by atoms with van der Waals surface area (Å²) in [6.07, 6.45) is 5.30. The molecule has 0 aromatic carbocycles. The number of carbonyl (C=O) groups is 1. The summed E-state index contributed by atoms with van der Waals surface area (Å²) >= 11 is 0. The fraction of sp³-hybridized carbons (Fsp3) is 0.143. The van der Waals surface area contributed by atoms with Crippen molar-refractivity contribution >= 4 is 12.5 Å². The Balaban J connectivity index is 3.81. The molecular weight excluding hydrogens is 114 g/mol. The van der Waals surface area contributed by atoms with Crippen molar-refractivity contribution in [2.45, 2.75) is 6.92 Å². The number of aldehydes is 1. The van der Waals surface area contributed by atoms with Crippen molar-refractivity contribution in [3.8, 4) is 0 Å². The van der Waals surface area contributed by atoms with Gasteiger partial charge in [-0.2, -0.15) is 0 Å². The highest BCUT2D eigenvalue weighted by Gasteiger charge is 1.76. The minimum absolute atomic E-state index is 0.605. The highest BCUT2D eigenvalue weighted by atomic mass is 16.1. The number of aliphatic imine (C=N–C) groups is 1. The van der Waals surface area contributed by atoms with Crippen LogP contribution in [0.4, 0.5) is 0 Å². The van der Waals surface area contributed by atoms with Gasteiger partial charge >= 0.3 is 0 Å². The second-order valence-electron chi connectivity index (χ2n) is 1.52. The van der Waals surface area contributed by atoms with Crippen LogP contribution in [0.25, 0.3) is 0 Å². The molecule has 0 radical (unpaired) electrons. The van der Waals surface area contributed by atoms with E-state index in [0.717, 1.165) is 6.29 Å². The third-order valence-electron chi connectivity index (χ3n) is 0.656. The van der Waals surface area contributed by atoms with Gasteiger partial charge in [0.2, 0.25) is 0 Å². The zero-order chi connectivity index (χ0) is 7.11. The van der Waals surface area contributed by atoms with Crippen molar-refractivity contribution in [2.24, 2.45) is 4.99 Å². The zero-order valence-corrected chi connectivity index (χ0v) is 5.37. The van der Waals surface area contributed by atoms with Crippen molar-refractivity contribution < 1.29 is 4.79 Å². The van der Waals surface area contributed by atoms with Crippen LogP contribution >= 0.6 is 0 Å². The van der Waals surface area contributed by atoms with Gasteiger partial charge < -0.3 is 0 Å². The van der Waals surface area contributed by atoms with Gasteiger partial charge in [-0.1, -0.05) is 12.7 Å². The lowest BCUT2D eigenvalue weighted by atomic mass is 10.4. The minimum atomic E-state index is 0.605. The van der Waals surface area contributed by atoms with Crippen molar-refractivity contribution in [1.82, 2.24) is 0 Å². The van der Waals surface area contributed by atoms with Crippen LogP contribution in [0.15, 0.2) is 29.4 Å². The molecule has 0 unspecified atom stereocenters. The molecular formula is C7H9NO. The monoisotopic (exact) mass is 123 g/mol. The van der Waals surface area contributed by atoms with Crippen molar-refractivity contribution in [1.29, 1.82) is 0 Å². The Labute approximate surface area is 54.6 Å². The SMILES string of the molecule is C=CC=N/C=C(\C)C=O. The van der Waals surface area contributed by atoms with Crippen molar-refractivity contribution in [2.75, 3.05) is 0 Å². The first kappa shape index (κ1) is 7.82. The molecule has 0 aliphatic carbocycles. The van der Waals surface area contributed by atoms with Gasteiger partial charge in [0.1, 0.15) is 6.29 Å². The van der Waals surface area contributed by atoms with Crippen molar-refractivity contribution in [3.05, 3.63) is 24.4 Å². The topological polar surface area (TPSA) is 29.4 Å². The number of hydrogen-bond acceptors (Lipinski definition) is 2. The molecule has 0 aliphatic heterocycles. The van der Waals surface area contributed by atoms with E-state index in [0.29, 0.717) is 5.57 Å². The Hall–Kier alpha value is -1.18. The molecule has 9 heavy (non-hydrogen) atoms. The predicted molar refractivity (Wildman–Crippen MR) is 38.5 cm³/mol. The summed E-state index contributed by atoms with van der Waals surface area (Å²) in [6, 6.07) is 0. The molecule has 48 valence electrons. The minimum Gasteiger partial charge on any atom is -0.298 e. The summed E-state index contributed by atoms with van der Waals surface area (Å²) in [5.41, 5.74) is 0.605. The van der Waals surface area contributed by atoms with Gasteiger partial charge in [0, 0.05) is 18.0 Å². The number of carbonyl (C=O) groups excluding carboxylic acids is 1. The van der Waals surface area contributed by atoms with Gasteiger partial charge in [-0.05, 0) is 6.92 Å². The first-order chi connectivity index (χ1) is 4.31. The maximum atomic E-state index is 9.93. The lowest BCUT2D eigenvalue weighted by Crippen LogP contribution is -1.72. The molecule has 0 aromatic rings. The summed E-state index contributed by atoms with van der Waals surface area (Å²) in [4.78, 5) is 13.7. The lowest BCUT2D eigenvalue weighted by Gasteiger charge is -1.78. The standard InChI is InChI=1S/C7H9NO/c1-3-4-8-5-7(2)6-9/h3-6H,1H2,2H3/b7-5+,8-4?. The summed E-state index contributed by atoms with van der Waals surface area (Å²) in [5.74, 6) is 0. The summed E-state index contributed by atoms with van der Waals surface area (Å²) in [5, 5.41) is 0. The van der Waals surface area contributed by atoms with Gasteiger partial charge in [-0.25, -0.2) is 0 Å². The molecule has 0 aliphatic rings. The average molecular weight is 123 g/mol. The molecule has 0 saturated carbocycles. The van der Waals surface area contributed by atoms with Gasteiger partial charge in [0.15, 0.2) is 0 Å². The van der Waals surface area contributed by atoms with E-state index in [1.165, 1.54) is 12.4 Å². The molecule has 0 bridgehead atoms. The van der Waals surface area contributed by atoms with Gasteiger partial charge in [0.25, 0.3) is 0 Å². The summed E-state index contributed by atoms with van der Waals surface area (Å²) in [6.45, 7) is 5.10. The Morgan fingerprint density at radius 2 is 2.33 bits per heavy atom. The van der Waals surface area contributed by atoms with E-state index in [1.54, 1.807) is 13.0 Å². The van der Waals surface area contributed by atoms with E-state index in [9.17, 15) is 4.79 Å². The van der Waals surface area contributed by atoms with Crippen LogP contribution in [0.1, 0.15) is 6.92 Å². The van der Waals surface area contributed by atoms with E-state index >= 15 is 0 Å². The number of allylic oxidation sites excluding steroid dienone is 2. The average Bonchev–Trinajstić information content (AvgIpc) is 1.89. The van der Waals surface area contributed by atoms with Crippen molar-refractivity contribution in [3.63, 3.8) is 0 Å². The normalized spacial score (nSPS) is 11.9. The maximum absolute atomic E-state index is 9.93. The molecule has 2 nitrogen and oxygen atoms in total. The molecule has 0 N–H and O–H groups in total. The quantitative estimate of drug-likeness (QED) is 0.316. The maximum Gasteiger partial charge on any atom is 0.147 e. The Morgan fingerprint density at radius 3 is 2.78 bits per heavy atom. The summed E-state index contributed by atoms with van der Waals surface area (Å²) in [7, 11) is 0. The lowest BCUT2D eigenvalue weighted by molar-refractivity contribution is -0.104. The fourth-order valence-electron chi connectivity index (χ4n) is 0.252. The van der Waals surface area contributed by atoms with Gasteiger partial charge in [0.05, 0.1) is 0 Å². The smallest absolute Gasteiger partial charge is 0.147 e. The molecule has 0 atom stereocenters. The van der Waals surface area contributed by atoms with Crippen LogP contribution in [0.5, 0.6) is 0 Å². The molecule has 0 amide bonds. The molecule has 0 rings (SSSR count). The fourth-order valence-corrected chi connectivity index (χ4v) is 0.252. The van der Waals surface area contributed by atoms with E-state index in [1.807, 2.05) is 0 Å². The predicted octanol–water partition coefficient (Wildman–Crippen LogP) is 1.35. The number of rotatable bonds is 3. The van der Waals surface area contributed by atoms with E-state index in [2.05, 4.69) is 11.6 Å². The first-order valence-electron chi connectivity index (χ1n) is 2.57. The largest absolute Gasteiger partial charge is 0.298 e. The zero-order valence-electron chi connectivity index (χ0n) is 5.37. The van der Waals surface area contributed by atoms with Crippen LogP contribution in [-0.4, -0.2) is 12.5 Å². The van der Waals surface area contributed by atoms with Gasteiger partial charge in [-0.15, -0.1) is 0 Å². The molecule has 0 fully saturated rings. The number of hydrogen-bond donors (Lipinski definition) is 0. The van der Waals surface area contributed by atoms with E-state index in [4.69, 9.17) is 0 Å².